The Morgan fingerprint density at radius 1 is 1.05 bits per heavy atom. The highest BCUT2D eigenvalue weighted by atomic mass is 16.3. The minimum Gasteiger partial charge on any atom is -0.393 e. The van der Waals surface area contributed by atoms with E-state index in [9.17, 15) is 10.2 Å². The first-order chi connectivity index (χ1) is 9.06. The molecule has 2 heterocycles. The molecule has 2 aliphatic heterocycles. The third-order valence-corrected chi connectivity index (χ3v) is 6.75. The lowest BCUT2D eigenvalue weighted by Crippen LogP contribution is -2.76. The predicted molar refractivity (Wildman–Crippen MR) is 73.7 cm³/mol. The first-order valence-corrected chi connectivity index (χ1v) is 8.22. The van der Waals surface area contributed by atoms with Crippen LogP contribution < -0.4 is 0 Å². The Bertz CT molecular complexity index is 385. The summed E-state index contributed by atoms with van der Waals surface area (Å²) in [6.45, 7) is 4.66. The second-order valence-electron chi connectivity index (χ2n) is 7.81. The lowest BCUT2D eigenvalue weighted by molar-refractivity contribution is -0.254. The van der Waals surface area contributed by atoms with Gasteiger partial charge < -0.3 is 10.2 Å². The molecule has 2 bridgehead atoms. The summed E-state index contributed by atoms with van der Waals surface area (Å²) in [5.74, 6) is 1.42. The standard InChI is InChI=1S/C16H27NO2/c1-11-8-15(19)10-13(18)12-4-2-6-17-7-3-5-14(15)16(12,17)9-11/h11-14,18-19H,2-10H2,1H3/t11-,12-,13-,14+,15-,16+/m1/s1. The van der Waals surface area contributed by atoms with Gasteiger partial charge in [0.25, 0.3) is 0 Å². The van der Waals surface area contributed by atoms with Gasteiger partial charge in [-0.3, -0.25) is 4.90 Å². The minimum atomic E-state index is -0.594. The van der Waals surface area contributed by atoms with E-state index in [0.717, 1.165) is 12.8 Å². The minimum absolute atomic E-state index is 0.126. The van der Waals surface area contributed by atoms with Crippen molar-refractivity contribution in [1.29, 1.82) is 0 Å². The van der Waals surface area contributed by atoms with Crippen molar-refractivity contribution >= 4 is 0 Å². The third kappa shape index (κ3) is 1.50. The van der Waals surface area contributed by atoms with Crippen LogP contribution in [0.2, 0.25) is 0 Å². The van der Waals surface area contributed by atoms with Crippen LogP contribution in [0.25, 0.3) is 0 Å². The van der Waals surface area contributed by atoms with Gasteiger partial charge in [0.2, 0.25) is 0 Å². The van der Waals surface area contributed by atoms with E-state index in [1.165, 1.54) is 38.8 Å². The number of hydrogen-bond acceptors (Lipinski definition) is 3. The summed E-state index contributed by atoms with van der Waals surface area (Å²) in [7, 11) is 0. The zero-order valence-corrected chi connectivity index (χ0v) is 12.0. The van der Waals surface area contributed by atoms with Crippen LogP contribution in [0.4, 0.5) is 0 Å². The van der Waals surface area contributed by atoms with E-state index in [-0.39, 0.29) is 11.6 Å². The molecule has 4 fully saturated rings. The Hall–Kier alpha value is -0.120. The van der Waals surface area contributed by atoms with Gasteiger partial charge in [0, 0.05) is 23.8 Å². The highest BCUT2D eigenvalue weighted by molar-refractivity contribution is 5.20. The summed E-state index contributed by atoms with van der Waals surface area (Å²) in [6.07, 6.45) is 7.23. The van der Waals surface area contributed by atoms with Crippen molar-refractivity contribution < 1.29 is 10.2 Å². The molecule has 0 aromatic carbocycles. The molecule has 4 rings (SSSR count). The number of hydrogen-bond donors (Lipinski definition) is 2. The van der Waals surface area contributed by atoms with Gasteiger partial charge in [0.05, 0.1) is 11.7 Å². The number of piperidine rings is 2. The van der Waals surface area contributed by atoms with Gasteiger partial charge in [-0.1, -0.05) is 6.92 Å². The molecule has 3 nitrogen and oxygen atoms in total. The molecule has 2 saturated carbocycles. The zero-order valence-electron chi connectivity index (χ0n) is 12.0. The van der Waals surface area contributed by atoms with Crippen LogP contribution in [0.1, 0.15) is 51.9 Å². The molecule has 0 aromatic heterocycles. The van der Waals surface area contributed by atoms with Crippen molar-refractivity contribution in [3.8, 4) is 0 Å². The largest absolute Gasteiger partial charge is 0.393 e. The van der Waals surface area contributed by atoms with Crippen LogP contribution in [0.3, 0.4) is 0 Å². The van der Waals surface area contributed by atoms with E-state index in [0.29, 0.717) is 24.2 Å². The average Bonchev–Trinajstić information content (AvgIpc) is 2.33. The monoisotopic (exact) mass is 265 g/mol. The van der Waals surface area contributed by atoms with E-state index < -0.39 is 5.60 Å². The molecule has 0 aromatic rings. The summed E-state index contributed by atoms with van der Waals surface area (Å²) in [4.78, 5) is 2.67. The molecule has 19 heavy (non-hydrogen) atoms. The summed E-state index contributed by atoms with van der Waals surface area (Å²) < 4.78 is 0. The number of aliphatic hydroxyl groups excluding tert-OH is 1. The fourth-order valence-corrected chi connectivity index (χ4v) is 6.52. The molecule has 108 valence electrons. The molecule has 2 saturated heterocycles. The Kier molecular flexibility index (Phi) is 2.63. The normalized spacial score (nSPS) is 57.6. The molecular formula is C16H27NO2. The Labute approximate surface area is 116 Å². The number of aliphatic hydroxyl groups is 2. The smallest absolute Gasteiger partial charge is 0.0720 e. The molecule has 3 heteroatoms. The first kappa shape index (κ1) is 12.6. The maximum atomic E-state index is 11.2. The highest BCUT2D eigenvalue weighted by Gasteiger charge is 2.66. The predicted octanol–water partition coefficient (Wildman–Crippen LogP) is 1.77. The Morgan fingerprint density at radius 3 is 2.58 bits per heavy atom. The number of nitrogens with zero attached hydrogens (tertiary/aromatic N) is 1. The quantitative estimate of drug-likeness (QED) is 0.701. The van der Waals surface area contributed by atoms with Crippen LogP contribution in [0.5, 0.6) is 0 Å². The van der Waals surface area contributed by atoms with E-state index >= 15 is 0 Å². The topological polar surface area (TPSA) is 43.7 Å². The summed E-state index contributed by atoms with van der Waals surface area (Å²) in [5, 5.41) is 21.8. The van der Waals surface area contributed by atoms with Crippen LogP contribution in [0, 0.1) is 17.8 Å². The van der Waals surface area contributed by atoms with E-state index in [1.54, 1.807) is 0 Å². The van der Waals surface area contributed by atoms with Crippen molar-refractivity contribution in [3.05, 3.63) is 0 Å². The van der Waals surface area contributed by atoms with Crippen LogP contribution in [-0.2, 0) is 0 Å². The van der Waals surface area contributed by atoms with Gasteiger partial charge >= 0.3 is 0 Å². The van der Waals surface area contributed by atoms with Crippen LogP contribution in [-0.4, -0.2) is 45.4 Å². The van der Waals surface area contributed by atoms with Crippen molar-refractivity contribution in [2.45, 2.75) is 69.1 Å². The summed E-state index contributed by atoms with van der Waals surface area (Å²) in [5.41, 5.74) is -0.468. The van der Waals surface area contributed by atoms with Crippen LogP contribution in [0.15, 0.2) is 0 Å². The molecule has 2 N–H and O–H groups in total. The SMILES string of the molecule is C[C@@H]1C[C@@]2(O)C[C@@H](O)[C@H]3CCCN4CCC[C@@H]2[C@]34C1. The van der Waals surface area contributed by atoms with E-state index in [2.05, 4.69) is 11.8 Å². The molecule has 0 radical (unpaired) electrons. The van der Waals surface area contributed by atoms with Crippen LogP contribution >= 0.6 is 0 Å². The second-order valence-corrected chi connectivity index (χ2v) is 7.81. The molecule has 1 spiro atoms. The van der Waals surface area contributed by atoms with E-state index in [4.69, 9.17) is 0 Å². The third-order valence-electron chi connectivity index (χ3n) is 6.75. The van der Waals surface area contributed by atoms with Crippen molar-refractivity contribution in [1.82, 2.24) is 4.90 Å². The van der Waals surface area contributed by atoms with Gasteiger partial charge in [-0.05, 0) is 57.5 Å². The maximum Gasteiger partial charge on any atom is 0.0720 e. The zero-order chi connectivity index (χ0) is 13.3. The molecule has 0 amide bonds. The lowest BCUT2D eigenvalue weighted by atomic mass is 9.46. The van der Waals surface area contributed by atoms with Gasteiger partial charge in [0.15, 0.2) is 0 Å². The van der Waals surface area contributed by atoms with Crippen molar-refractivity contribution in [2.24, 2.45) is 17.8 Å². The van der Waals surface area contributed by atoms with Crippen molar-refractivity contribution in [2.75, 3.05) is 13.1 Å². The van der Waals surface area contributed by atoms with Gasteiger partial charge in [-0.2, -0.15) is 0 Å². The van der Waals surface area contributed by atoms with Crippen molar-refractivity contribution in [3.63, 3.8) is 0 Å². The lowest BCUT2D eigenvalue weighted by Gasteiger charge is -2.69. The Balaban J connectivity index is 1.84. The maximum absolute atomic E-state index is 11.2. The van der Waals surface area contributed by atoms with Gasteiger partial charge in [-0.15, -0.1) is 0 Å². The molecule has 0 unspecified atom stereocenters. The highest BCUT2D eigenvalue weighted by Crippen LogP contribution is 2.61. The average molecular weight is 265 g/mol. The second kappa shape index (κ2) is 3.96. The molecular weight excluding hydrogens is 238 g/mol. The molecule has 6 atom stereocenters. The van der Waals surface area contributed by atoms with Gasteiger partial charge in [-0.25, -0.2) is 0 Å². The summed E-state index contributed by atoms with van der Waals surface area (Å²) in [6, 6.07) is 0. The number of rotatable bonds is 0. The first-order valence-electron chi connectivity index (χ1n) is 8.22. The van der Waals surface area contributed by atoms with Gasteiger partial charge in [0.1, 0.15) is 0 Å². The fourth-order valence-electron chi connectivity index (χ4n) is 6.52. The molecule has 4 aliphatic rings. The van der Waals surface area contributed by atoms with E-state index in [1.807, 2.05) is 0 Å². The molecule has 2 aliphatic carbocycles. The fraction of sp³-hybridized carbons (Fsp3) is 1.00. The summed E-state index contributed by atoms with van der Waals surface area (Å²) >= 11 is 0. The Morgan fingerprint density at radius 2 is 1.79 bits per heavy atom.